The fourth-order valence-electron chi connectivity index (χ4n) is 1.90. The smallest absolute Gasteiger partial charge is 0.271 e. The number of hydrogen-bond acceptors (Lipinski definition) is 6. The van der Waals surface area contributed by atoms with Gasteiger partial charge in [0.05, 0.1) is 10.6 Å². The second kappa shape index (κ2) is 4.69. The highest BCUT2D eigenvalue weighted by Crippen LogP contribution is 2.45. The number of nitro benzene ring substituents is 1. The fraction of sp³-hybridized carbons (Fsp3) is 0.455. The van der Waals surface area contributed by atoms with Gasteiger partial charge in [-0.3, -0.25) is 16.0 Å². The second-order valence-electron chi connectivity index (χ2n) is 5.45. The molecule has 4 N–H and O–H groups in total. The molecular weight excluding hydrogens is 284 g/mol. The lowest BCUT2D eigenvalue weighted by atomic mass is 10.2. The molecule has 0 amide bonds. The van der Waals surface area contributed by atoms with Crippen LogP contribution in [0.15, 0.2) is 23.1 Å². The maximum absolute atomic E-state index is 12.3. The zero-order valence-electron chi connectivity index (χ0n) is 11.1. The number of nitrogens with one attached hydrogen (secondary N) is 2. The van der Waals surface area contributed by atoms with E-state index in [1.165, 1.54) is 6.07 Å². The van der Waals surface area contributed by atoms with E-state index in [-0.39, 0.29) is 27.7 Å². The summed E-state index contributed by atoms with van der Waals surface area (Å²) in [6.07, 6.45) is 0.755. The van der Waals surface area contributed by atoms with Crippen molar-refractivity contribution in [1.82, 2.24) is 4.72 Å². The number of nitrogens with two attached hydrogens (primary N) is 1. The minimum absolute atomic E-state index is 0.00911. The number of hydrogen-bond donors (Lipinski definition) is 3. The Hall–Kier alpha value is -1.71. The van der Waals surface area contributed by atoms with Crippen LogP contribution in [0, 0.1) is 15.5 Å². The summed E-state index contributed by atoms with van der Waals surface area (Å²) in [5.41, 5.74) is 1.88. The number of nitrogens with zero attached hydrogens (tertiary/aromatic N) is 1. The Bertz CT molecular complexity index is 656. The van der Waals surface area contributed by atoms with Gasteiger partial charge in [-0.05, 0) is 17.9 Å². The van der Waals surface area contributed by atoms with Gasteiger partial charge in [0.25, 0.3) is 5.69 Å². The maximum Gasteiger partial charge on any atom is 0.271 e. The second-order valence-corrected chi connectivity index (χ2v) is 7.13. The van der Waals surface area contributed by atoms with E-state index >= 15 is 0 Å². The van der Waals surface area contributed by atoms with Gasteiger partial charge < -0.3 is 5.43 Å². The minimum atomic E-state index is -3.77. The van der Waals surface area contributed by atoms with Gasteiger partial charge in [0.2, 0.25) is 10.0 Å². The summed E-state index contributed by atoms with van der Waals surface area (Å²) in [6, 6.07) is 3.26. The molecule has 20 heavy (non-hydrogen) atoms. The summed E-state index contributed by atoms with van der Waals surface area (Å²) < 4.78 is 27.1. The summed E-state index contributed by atoms with van der Waals surface area (Å²) in [5.74, 6) is 5.25. The van der Waals surface area contributed by atoms with Crippen molar-refractivity contribution in [2.45, 2.75) is 31.2 Å². The van der Waals surface area contributed by atoms with E-state index in [4.69, 9.17) is 5.84 Å². The first-order valence-electron chi connectivity index (χ1n) is 5.95. The van der Waals surface area contributed by atoms with Gasteiger partial charge in [-0.1, -0.05) is 13.8 Å². The standard InChI is InChI=1S/C11H16N4O4S/c1-11(2)6-10(11)14-20(18,19)9-4-3-7(15(16)17)5-8(9)13-12/h3-5,10,13-14H,6,12H2,1-2H3. The molecule has 0 radical (unpaired) electrons. The van der Waals surface area contributed by atoms with Crippen LogP contribution in [0.1, 0.15) is 20.3 Å². The molecule has 1 aromatic rings. The van der Waals surface area contributed by atoms with E-state index in [2.05, 4.69) is 10.1 Å². The maximum atomic E-state index is 12.3. The molecule has 1 unspecified atom stereocenters. The Morgan fingerprint density at radius 1 is 1.45 bits per heavy atom. The number of anilines is 1. The van der Waals surface area contributed by atoms with Gasteiger partial charge in [-0.15, -0.1) is 0 Å². The number of hydrazine groups is 1. The van der Waals surface area contributed by atoms with Crippen LogP contribution in [-0.2, 0) is 10.0 Å². The van der Waals surface area contributed by atoms with Crippen molar-refractivity contribution in [2.75, 3.05) is 5.43 Å². The molecule has 1 atom stereocenters. The Kier molecular flexibility index (Phi) is 3.44. The molecule has 1 aliphatic rings. The van der Waals surface area contributed by atoms with Gasteiger partial charge in [0.1, 0.15) is 4.90 Å². The van der Waals surface area contributed by atoms with Crippen molar-refractivity contribution in [3.63, 3.8) is 0 Å². The lowest BCUT2D eigenvalue weighted by Gasteiger charge is -2.11. The van der Waals surface area contributed by atoms with Gasteiger partial charge in [-0.25, -0.2) is 13.1 Å². The van der Waals surface area contributed by atoms with Crippen LogP contribution in [0.4, 0.5) is 11.4 Å². The van der Waals surface area contributed by atoms with Crippen molar-refractivity contribution < 1.29 is 13.3 Å². The fourth-order valence-corrected chi connectivity index (χ4v) is 3.46. The van der Waals surface area contributed by atoms with Crippen molar-refractivity contribution >= 4 is 21.4 Å². The molecule has 1 saturated carbocycles. The van der Waals surface area contributed by atoms with Crippen LogP contribution >= 0.6 is 0 Å². The molecule has 0 spiro atoms. The number of nitrogen functional groups attached to an aromatic ring is 1. The van der Waals surface area contributed by atoms with Gasteiger partial charge in [-0.2, -0.15) is 0 Å². The van der Waals surface area contributed by atoms with E-state index < -0.39 is 14.9 Å². The third kappa shape index (κ3) is 2.74. The first kappa shape index (κ1) is 14.7. The van der Waals surface area contributed by atoms with Crippen LogP contribution in [0.2, 0.25) is 0 Å². The third-order valence-electron chi connectivity index (χ3n) is 3.43. The third-order valence-corrected chi connectivity index (χ3v) is 4.96. The zero-order valence-corrected chi connectivity index (χ0v) is 11.9. The summed E-state index contributed by atoms with van der Waals surface area (Å²) >= 11 is 0. The molecule has 1 aliphatic carbocycles. The quantitative estimate of drug-likeness (QED) is 0.422. The predicted octanol–water partition coefficient (Wildman–Crippen LogP) is 0.957. The van der Waals surface area contributed by atoms with Crippen molar-refractivity contribution in [3.8, 4) is 0 Å². The van der Waals surface area contributed by atoms with Crippen LogP contribution < -0.4 is 16.0 Å². The van der Waals surface area contributed by atoms with Crippen LogP contribution in [0.5, 0.6) is 0 Å². The topological polar surface area (TPSA) is 127 Å². The van der Waals surface area contributed by atoms with E-state index in [0.29, 0.717) is 0 Å². The molecule has 1 fully saturated rings. The average molecular weight is 300 g/mol. The summed E-state index contributed by atoms with van der Waals surface area (Å²) in [6.45, 7) is 3.91. The molecular formula is C11H16N4O4S. The van der Waals surface area contributed by atoms with Crippen LogP contribution in [-0.4, -0.2) is 19.4 Å². The highest BCUT2D eigenvalue weighted by molar-refractivity contribution is 7.89. The molecule has 9 heteroatoms. The summed E-state index contributed by atoms with van der Waals surface area (Å²) in [5, 5.41) is 10.7. The molecule has 2 rings (SSSR count). The number of non-ortho nitro benzene ring substituents is 1. The lowest BCUT2D eigenvalue weighted by Crippen LogP contribution is -2.29. The van der Waals surface area contributed by atoms with E-state index in [0.717, 1.165) is 18.6 Å². The molecule has 0 aromatic heterocycles. The van der Waals surface area contributed by atoms with Gasteiger partial charge in [0.15, 0.2) is 0 Å². The number of nitro groups is 1. The Labute approximate surface area is 116 Å². The molecule has 0 heterocycles. The van der Waals surface area contributed by atoms with Crippen molar-refractivity contribution in [3.05, 3.63) is 28.3 Å². The van der Waals surface area contributed by atoms with Crippen molar-refractivity contribution in [1.29, 1.82) is 0 Å². The molecule has 0 bridgehead atoms. The predicted molar refractivity (Wildman–Crippen MR) is 73.4 cm³/mol. The first-order chi connectivity index (χ1) is 9.17. The Morgan fingerprint density at radius 2 is 2.05 bits per heavy atom. The highest BCUT2D eigenvalue weighted by atomic mass is 32.2. The van der Waals surface area contributed by atoms with Crippen LogP contribution in [0.3, 0.4) is 0 Å². The van der Waals surface area contributed by atoms with Gasteiger partial charge in [0, 0.05) is 18.2 Å². The van der Waals surface area contributed by atoms with Gasteiger partial charge >= 0.3 is 0 Å². The Morgan fingerprint density at radius 3 is 2.50 bits per heavy atom. The zero-order chi connectivity index (χ0) is 15.1. The largest absolute Gasteiger partial charge is 0.323 e. The normalized spacial score (nSPS) is 20.4. The van der Waals surface area contributed by atoms with E-state index in [9.17, 15) is 18.5 Å². The van der Waals surface area contributed by atoms with E-state index in [1.807, 2.05) is 13.8 Å². The molecule has 0 saturated heterocycles. The van der Waals surface area contributed by atoms with Crippen molar-refractivity contribution in [2.24, 2.45) is 11.3 Å². The SMILES string of the molecule is CC1(C)CC1NS(=O)(=O)c1ccc([N+](=O)[O-])cc1NN. The highest BCUT2D eigenvalue weighted by Gasteiger charge is 2.48. The van der Waals surface area contributed by atoms with E-state index in [1.54, 1.807) is 0 Å². The Balaban J connectivity index is 2.34. The monoisotopic (exact) mass is 300 g/mol. The number of rotatable bonds is 5. The molecule has 1 aromatic carbocycles. The van der Waals surface area contributed by atoms with Crippen LogP contribution in [0.25, 0.3) is 0 Å². The number of benzene rings is 1. The number of sulfonamides is 1. The lowest BCUT2D eigenvalue weighted by molar-refractivity contribution is -0.384. The molecule has 110 valence electrons. The average Bonchev–Trinajstić information content (AvgIpc) is 2.94. The molecule has 0 aliphatic heterocycles. The summed E-state index contributed by atoms with van der Waals surface area (Å²) in [7, 11) is -3.77. The first-order valence-corrected chi connectivity index (χ1v) is 7.43. The molecule has 8 nitrogen and oxygen atoms in total. The summed E-state index contributed by atoms with van der Waals surface area (Å²) in [4.78, 5) is 9.96. The minimum Gasteiger partial charge on any atom is -0.323 e.